The van der Waals surface area contributed by atoms with Crippen LogP contribution in [0.2, 0.25) is 5.02 Å². The number of nitrogens with one attached hydrogen (secondary N) is 4. The van der Waals surface area contributed by atoms with Gasteiger partial charge in [0.25, 0.3) is 21.9 Å². The average molecular weight is 1630 g/mol. The number of nitrogens with zero attached hydrogens (tertiary/aromatic N) is 8. The van der Waals surface area contributed by atoms with Gasteiger partial charge in [-0.15, -0.1) is 11.3 Å². The van der Waals surface area contributed by atoms with E-state index in [2.05, 4.69) is 48.2 Å². The van der Waals surface area contributed by atoms with Crippen LogP contribution in [0.4, 0.5) is 14.9 Å². The van der Waals surface area contributed by atoms with Crippen molar-refractivity contribution in [3.63, 3.8) is 0 Å². The molecular weight excluding hydrogens is 1540 g/mol. The van der Waals surface area contributed by atoms with Gasteiger partial charge in [0.2, 0.25) is 35.6 Å². The SMILES string of the molecule is COc1ccccc1-c1nccc(COc2ccccc2C[C@@H](Oc2ncnc3sc(-c4ccc(F)cc4)c(-c4ccc(OCCN5CC[N+](C)(Cc6ccc(NC(=O)[C@H](CCCNC(N)=O)NC(=O)[C@@H](NC(=O)CCOCCN7C(=O)C=CC7=O)C(C)C)cc6CN(C)C(=O)[C@@H](N)CS(=O)(=O)O)CC5)c(Cl)c4C)c23)C(=O)O)n1. The number of hydrogen-bond acceptors (Lipinski definition) is 22. The maximum atomic E-state index is 14.6. The van der Waals surface area contributed by atoms with Crippen LogP contribution in [-0.4, -0.2) is 221 Å². The van der Waals surface area contributed by atoms with Crippen LogP contribution in [0.25, 0.3) is 43.2 Å². The Balaban J connectivity index is 0.807. The number of aromatic nitrogens is 4. The third-order valence-corrected chi connectivity index (χ3v) is 21.7. The van der Waals surface area contributed by atoms with Crippen molar-refractivity contribution >= 4 is 96.4 Å². The number of carboxylic acids is 1. The van der Waals surface area contributed by atoms with Crippen molar-refractivity contribution in [2.45, 2.75) is 90.4 Å². The normalized spacial score (nSPS) is 14.6. The maximum absolute atomic E-state index is 14.6. The zero-order chi connectivity index (χ0) is 82.0. The summed E-state index contributed by atoms with van der Waals surface area (Å²) in [5.41, 5.74) is 17.1. The van der Waals surface area contributed by atoms with Gasteiger partial charge in [-0.1, -0.05) is 80.0 Å². The summed E-state index contributed by atoms with van der Waals surface area (Å²) in [5.74, 6) is -5.03. The Morgan fingerprint density at radius 1 is 0.825 bits per heavy atom. The number of quaternary nitrogens is 1. The van der Waals surface area contributed by atoms with Crippen molar-refractivity contribution in [1.82, 2.24) is 50.6 Å². The second-order valence-electron chi connectivity index (χ2n) is 28.1. The van der Waals surface area contributed by atoms with Crippen LogP contribution in [0.15, 0.2) is 134 Å². The fourth-order valence-corrected chi connectivity index (χ4v) is 15.1. The lowest BCUT2D eigenvalue weighted by atomic mass is 9.96. The standard InChI is InChI=1S/C79H90ClFN14O17S2/c1-47(2)70(91-64(96)28-37-109-38-34-94-65(97)25-26-66(94)98)74(100)90-59(14-11-29-85-79(83)104)73(99)89-54-22-19-51(52(40-54)42-92(4)77(101)58(82)45-114(105,106)107)43-95(5)35-31-93(32-36-95)33-39-110-62-24-23-56(48(3)69(62)80)67-68-75(86-46-87-76(68)113-71(67)49-17-20-53(81)21-18-49)112-63(78(102)103)41-50-12-7-9-15-60(50)111-44-55-27-30-84-72(88-55)57-13-8-10-16-61(57)108-6/h7-10,12-13,15-27,30,40,46-47,58-59,63,70H,11,14,28-29,31-39,41-45,82H2,1-6H3,(H7-,83,85,89,90,91,96,99,100,102,103,104,105,106,107)/p+1/t58-,59-,63+,70-/m0/s1. The molecule has 8 amide bonds. The maximum Gasteiger partial charge on any atom is 0.345 e. The number of benzene rings is 5. The van der Waals surface area contributed by atoms with Crippen molar-refractivity contribution in [3.8, 4) is 56.1 Å². The van der Waals surface area contributed by atoms with Crippen molar-refractivity contribution in [2.75, 3.05) is 97.9 Å². The lowest BCUT2D eigenvalue weighted by Gasteiger charge is -2.42. The van der Waals surface area contributed by atoms with Gasteiger partial charge in [0.1, 0.15) is 72.1 Å². The minimum Gasteiger partial charge on any atom is -0.496 e. The molecule has 35 heteroatoms. The number of likely N-dealkylation sites (N-methyl/N-ethyl adjacent to an activating group) is 2. The van der Waals surface area contributed by atoms with Crippen molar-refractivity contribution in [1.29, 1.82) is 0 Å². The van der Waals surface area contributed by atoms with E-state index in [1.165, 1.54) is 41.7 Å². The van der Waals surface area contributed by atoms with Gasteiger partial charge in [-0.25, -0.2) is 33.9 Å². The molecule has 31 nitrogen and oxygen atoms in total. The quantitative estimate of drug-likeness (QED) is 0.00823. The van der Waals surface area contributed by atoms with Crippen LogP contribution in [0.1, 0.15) is 61.1 Å². The molecule has 1 fully saturated rings. The Kier molecular flexibility index (Phi) is 29.3. The molecular formula is C79H91ClFN14O17S2+. The van der Waals surface area contributed by atoms with Gasteiger partial charge in [0.05, 0.1) is 74.4 Å². The van der Waals surface area contributed by atoms with Crippen LogP contribution in [0.5, 0.6) is 23.1 Å². The third kappa shape index (κ3) is 22.9. The number of primary amides is 1. The predicted molar refractivity (Wildman–Crippen MR) is 423 cm³/mol. The molecule has 5 aromatic carbocycles. The molecule has 5 heterocycles. The molecule has 604 valence electrons. The second-order valence-corrected chi connectivity index (χ2v) is 31.0. The first-order valence-corrected chi connectivity index (χ1v) is 39.4. The van der Waals surface area contributed by atoms with E-state index < -0.39 is 99.3 Å². The minimum atomic E-state index is -4.64. The molecule has 3 aromatic heterocycles. The molecule has 114 heavy (non-hydrogen) atoms. The van der Waals surface area contributed by atoms with E-state index in [-0.39, 0.29) is 83.3 Å². The molecule has 2 aliphatic heterocycles. The van der Waals surface area contributed by atoms with Crippen molar-refractivity contribution in [2.24, 2.45) is 17.4 Å². The van der Waals surface area contributed by atoms with Crippen LogP contribution in [-0.2, 0) is 74.5 Å². The Hall–Kier alpha value is -11.1. The number of piperazine rings is 1. The predicted octanol–water partition coefficient (Wildman–Crippen LogP) is 7.10. The van der Waals surface area contributed by atoms with Crippen molar-refractivity contribution in [3.05, 3.63) is 173 Å². The van der Waals surface area contributed by atoms with Crippen LogP contribution < -0.4 is 51.7 Å². The number of carboxylic acid groups (broad SMARTS) is 1. The Morgan fingerprint density at radius 3 is 2.25 bits per heavy atom. The first kappa shape index (κ1) is 85.3. The summed E-state index contributed by atoms with van der Waals surface area (Å²) in [4.78, 5) is 128. The minimum absolute atomic E-state index is 0.000376. The molecule has 0 unspecified atom stereocenters. The summed E-state index contributed by atoms with van der Waals surface area (Å²) in [5, 5.41) is 22.3. The van der Waals surface area contributed by atoms with Gasteiger partial charge in [0, 0.05) is 92.7 Å². The number of anilines is 1. The Morgan fingerprint density at radius 2 is 1.54 bits per heavy atom. The van der Waals surface area contributed by atoms with Gasteiger partial charge < -0.3 is 70.9 Å². The van der Waals surface area contributed by atoms with Gasteiger partial charge in [-0.05, 0) is 108 Å². The molecule has 2 aliphatic rings. The fraction of sp³-hybridized carbons (Fsp3) is 0.367. The number of carbonyl (C=O) groups excluding carboxylic acids is 7. The highest BCUT2D eigenvalue weighted by Crippen LogP contribution is 2.50. The zero-order valence-corrected chi connectivity index (χ0v) is 66.0. The monoisotopic (exact) mass is 1630 g/mol. The number of halogens is 2. The van der Waals surface area contributed by atoms with Crippen LogP contribution in [0, 0.1) is 18.7 Å². The number of aliphatic carboxylic acids is 1. The Labute approximate surface area is 666 Å². The number of methoxy groups -OCH3 is 1. The molecule has 0 radical (unpaired) electrons. The van der Waals surface area contributed by atoms with E-state index in [0.29, 0.717) is 132 Å². The number of nitrogens with two attached hydrogens (primary N) is 2. The highest BCUT2D eigenvalue weighted by Gasteiger charge is 2.35. The number of hydrogen-bond donors (Lipinski definition) is 8. The first-order valence-electron chi connectivity index (χ1n) is 36.6. The summed E-state index contributed by atoms with van der Waals surface area (Å²) in [6, 6.07) is 26.1. The molecule has 8 aromatic rings. The molecule has 0 saturated carbocycles. The topological polar surface area (TPSA) is 419 Å². The zero-order valence-electron chi connectivity index (χ0n) is 63.6. The highest BCUT2D eigenvalue weighted by atomic mass is 35.5. The van der Waals surface area contributed by atoms with E-state index in [1.807, 2.05) is 37.3 Å². The molecule has 0 bridgehead atoms. The molecule has 0 aliphatic carbocycles. The summed E-state index contributed by atoms with van der Waals surface area (Å²) < 4.78 is 78.6. The van der Waals surface area contributed by atoms with E-state index in [1.54, 1.807) is 93.9 Å². The van der Waals surface area contributed by atoms with E-state index in [0.717, 1.165) is 22.6 Å². The number of fused-ring (bicyclic) bond motifs is 1. The van der Waals surface area contributed by atoms with E-state index >= 15 is 0 Å². The van der Waals surface area contributed by atoms with Gasteiger partial charge in [0.15, 0.2) is 5.82 Å². The van der Waals surface area contributed by atoms with Crippen molar-refractivity contribution < 1.29 is 89.0 Å². The third-order valence-electron chi connectivity index (χ3n) is 19.3. The van der Waals surface area contributed by atoms with Crippen LogP contribution >= 0.6 is 22.9 Å². The first-order chi connectivity index (χ1) is 54.4. The molecule has 4 atom stereocenters. The van der Waals surface area contributed by atoms with Gasteiger partial charge >= 0.3 is 12.0 Å². The lowest BCUT2D eigenvalue weighted by Crippen LogP contribution is -2.57. The number of amides is 8. The van der Waals surface area contributed by atoms with Crippen LogP contribution in [0.3, 0.4) is 0 Å². The largest absolute Gasteiger partial charge is 0.496 e. The number of thiophene rings is 1. The summed E-state index contributed by atoms with van der Waals surface area (Å²) in [6.45, 7) is 8.79. The molecule has 0 spiro atoms. The number of urea groups is 1. The number of ether oxygens (including phenoxy) is 5. The highest BCUT2D eigenvalue weighted by molar-refractivity contribution is 7.85. The smallest absolute Gasteiger partial charge is 0.345 e. The van der Waals surface area contributed by atoms with Gasteiger partial charge in [-0.2, -0.15) is 8.42 Å². The van der Waals surface area contributed by atoms with Gasteiger partial charge in [-0.3, -0.25) is 43.1 Å². The average Bonchev–Trinajstić information content (AvgIpc) is 1.61. The lowest BCUT2D eigenvalue weighted by molar-refractivity contribution is -0.926. The number of imide groups is 1. The molecule has 10 N–H and O–H groups in total. The van der Waals surface area contributed by atoms with E-state index in [9.17, 15) is 60.8 Å². The number of rotatable bonds is 39. The summed E-state index contributed by atoms with van der Waals surface area (Å²) in [7, 11) is 0.433. The molecule has 1 saturated heterocycles. The van der Waals surface area contributed by atoms with E-state index in [4.69, 9.17) is 51.7 Å². The fourth-order valence-electron chi connectivity index (χ4n) is 13.1. The molecule has 10 rings (SSSR count). The summed E-state index contributed by atoms with van der Waals surface area (Å²) in [6.07, 6.45) is 3.60. The Bertz CT molecular complexity index is 4970. The number of para-hydroxylation sites is 2. The summed E-state index contributed by atoms with van der Waals surface area (Å²) >= 11 is 8.57. The second kappa shape index (κ2) is 39.1. The number of carbonyl (C=O) groups is 8.